The molecular weight excluding hydrogens is 150 g/mol. The van der Waals surface area contributed by atoms with Gasteiger partial charge in [0.05, 0.1) is 6.61 Å². The molecule has 0 rings (SSSR count). The first-order valence-electron chi connectivity index (χ1n) is 2.85. The van der Waals surface area contributed by atoms with Crippen molar-refractivity contribution >= 4 is 5.97 Å². The number of carbonyl (C=O) groups is 1. The normalized spacial score (nSPS) is 14.7. The molecule has 0 heterocycles. The average Bonchev–Trinajstić information content (AvgIpc) is 1.88. The van der Waals surface area contributed by atoms with E-state index in [1.807, 2.05) is 0 Å². The van der Waals surface area contributed by atoms with Crippen LogP contribution in [-0.4, -0.2) is 30.3 Å². The number of aliphatic carboxylic acids is 1. The van der Waals surface area contributed by atoms with Gasteiger partial charge in [-0.2, -0.15) is 0 Å². The molecule has 1 unspecified atom stereocenters. The second-order valence-corrected chi connectivity index (χ2v) is 2.20. The average molecular weight is 159 g/mol. The quantitative estimate of drug-likeness (QED) is 0.373. The molecule has 0 radical (unpaired) electrons. The highest BCUT2D eigenvalue weighted by Crippen LogP contribution is 2.10. The van der Waals surface area contributed by atoms with Crippen LogP contribution in [0.4, 0.5) is 0 Å². The Labute approximate surface area is 63.4 Å². The highest BCUT2D eigenvalue weighted by Gasteiger charge is 2.31. The Hall–Kier alpha value is -1.26. The Balaban J connectivity index is 4.51. The van der Waals surface area contributed by atoms with Crippen molar-refractivity contribution in [3.05, 3.63) is 10.4 Å². The number of hydrogen-bond donors (Lipinski definition) is 1. The molecule has 0 aromatic heterocycles. The van der Waals surface area contributed by atoms with Crippen LogP contribution < -0.4 is 0 Å². The summed E-state index contributed by atoms with van der Waals surface area (Å²) in [5, 5.41) is 11.7. The Bertz CT molecular complexity index is 195. The zero-order valence-corrected chi connectivity index (χ0v) is 6.31. The fourth-order valence-corrected chi connectivity index (χ4v) is 0.513. The van der Waals surface area contributed by atoms with E-state index in [1.54, 1.807) is 0 Å². The summed E-state index contributed by atoms with van der Waals surface area (Å²) in [5.74, 6) is -1.20. The van der Waals surface area contributed by atoms with E-state index < -0.39 is 11.5 Å². The molecule has 62 valence electrons. The lowest BCUT2D eigenvalue weighted by atomic mass is 10.1. The molecule has 0 saturated heterocycles. The van der Waals surface area contributed by atoms with Crippen molar-refractivity contribution in [2.45, 2.75) is 12.5 Å². The largest absolute Gasteiger partial charge is 0.481 e. The van der Waals surface area contributed by atoms with Gasteiger partial charge in [0, 0.05) is 12.0 Å². The van der Waals surface area contributed by atoms with Crippen LogP contribution in [-0.2, 0) is 9.53 Å². The summed E-state index contributed by atoms with van der Waals surface area (Å²) in [5.41, 5.74) is 6.52. The molecule has 1 atom stereocenters. The van der Waals surface area contributed by atoms with Gasteiger partial charge < -0.3 is 9.84 Å². The molecule has 0 aliphatic carbocycles. The van der Waals surface area contributed by atoms with Crippen LogP contribution in [0.2, 0.25) is 0 Å². The maximum atomic E-state index is 10.5. The zero-order valence-electron chi connectivity index (χ0n) is 6.31. The van der Waals surface area contributed by atoms with E-state index in [9.17, 15) is 4.79 Å². The maximum Gasteiger partial charge on any atom is 0.317 e. The summed E-state index contributed by atoms with van der Waals surface area (Å²) in [4.78, 5) is 12.9. The maximum absolute atomic E-state index is 10.5. The minimum Gasteiger partial charge on any atom is -0.481 e. The molecule has 6 nitrogen and oxygen atoms in total. The third-order valence-electron chi connectivity index (χ3n) is 1.15. The molecule has 0 aliphatic rings. The fraction of sp³-hybridized carbons (Fsp3) is 0.800. The van der Waals surface area contributed by atoms with Crippen molar-refractivity contribution in [3.63, 3.8) is 0 Å². The molecule has 0 aliphatic heterocycles. The standard InChI is InChI=1S/C5H9N3O3/c1-5(3-11-2,4(9)10)7-8-6/h3H2,1-2H3,(H,9,10). The van der Waals surface area contributed by atoms with Gasteiger partial charge in [-0.25, -0.2) is 0 Å². The van der Waals surface area contributed by atoms with Crippen molar-refractivity contribution in [2.24, 2.45) is 5.11 Å². The zero-order chi connectivity index (χ0) is 8.91. The Morgan fingerprint density at radius 2 is 2.45 bits per heavy atom. The first-order chi connectivity index (χ1) is 5.06. The minimum atomic E-state index is -1.50. The van der Waals surface area contributed by atoms with Crippen molar-refractivity contribution in [2.75, 3.05) is 13.7 Å². The summed E-state index contributed by atoms with van der Waals surface area (Å²) in [6.07, 6.45) is 0. The third kappa shape index (κ3) is 2.45. The molecule has 1 N–H and O–H groups in total. The lowest BCUT2D eigenvalue weighted by Gasteiger charge is -2.16. The number of carboxylic acid groups (broad SMARTS) is 1. The minimum absolute atomic E-state index is 0.133. The third-order valence-corrected chi connectivity index (χ3v) is 1.15. The van der Waals surface area contributed by atoms with E-state index in [4.69, 9.17) is 10.6 Å². The van der Waals surface area contributed by atoms with E-state index in [-0.39, 0.29) is 6.61 Å². The van der Waals surface area contributed by atoms with E-state index in [0.29, 0.717) is 0 Å². The van der Waals surface area contributed by atoms with E-state index >= 15 is 0 Å². The topological polar surface area (TPSA) is 95.3 Å². The number of carboxylic acids is 1. The van der Waals surface area contributed by atoms with E-state index in [2.05, 4.69) is 14.8 Å². The SMILES string of the molecule is COCC(C)(N=[N+]=[N-])C(=O)O. The number of hydrogen-bond acceptors (Lipinski definition) is 3. The lowest BCUT2D eigenvalue weighted by Crippen LogP contribution is -2.37. The van der Waals surface area contributed by atoms with Crippen LogP contribution in [0.3, 0.4) is 0 Å². The number of nitrogens with zero attached hydrogens (tertiary/aromatic N) is 3. The highest BCUT2D eigenvalue weighted by molar-refractivity contribution is 5.78. The van der Waals surface area contributed by atoms with Crippen LogP contribution in [0.1, 0.15) is 6.92 Å². The van der Waals surface area contributed by atoms with Crippen LogP contribution in [0.5, 0.6) is 0 Å². The first-order valence-corrected chi connectivity index (χ1v) is 2.85. The van der Waals surface area contributed by atoms with Crippen molar-refractivity contribution in [1.29, 1.82) is 0 Å². The van der Waals surface area contributed by atoms with Gasteiger partial charge in [0.25, 0.3) is 0 Å². The Morgan fingerprint density at radius 3 is 2.73 bits per heavy atom. The van der Waals surface area contributed by atoms with Gasteiger partial charge in [0.2, 0.25) is 0 Å². The molecule has 0 spiro atoms. The lowest BCUT2D eigenvalue weighted by molar-refractivity contribution is -0.144. The number of azide groups is 1. The first kappa shape index (κ1) is 9.74. The van der Waals surface area contributed by atoms with Crippen LogP contribution in [0.15, 0.2) is 5.11 Å². The Kier molecular flexibility index (Phi) is 3.36. The summed E-state index contributed by atoms with van der Waals surface area (Å²) in [6, 6.07) is 0. The molecule has 0 aromatic rings. The molecule has 6 heteroatoms. The second-order valence-electron chi connectivity index (χ2n) is 2.20. The summed E-state index contributed by atoms with van der Waals surface area (Å²) in [7, 11) is 1.34. The van der Waals surface area contributed by atoms with Gasteiger partial charge in [0.1, 0.15) is 0 Å². The molecule has 0 bridgehead atoms. The van der Waals surface area contributed by atoms with Gasteiger partial charge in [0.15, 0.2) is 5.54 Å². The summed E-state index contributed by atoms with van der Waals surface area (Å²) >= 11 is 0. The van der Waals surface area contributed by atoms with E-state index in [0.717, 1.165) is 0 Å². The molecular formula is C5H9N3O3. The van der Waals surface area contributed by atoms with Gasteiger partial charge in [-0.1, -0.05) is 5.11 Å². The van der Waals surface area contributed by atoms with E-state index in [1.165, 1.54) is 14.0 Å². The van der Waals surface area contributed by atoms with Crippen LogP contribution in [0.25, 0.3) is 10.4 Å². The predicted octanol–water partition coefficient (Wildman–Crippen LogP) is 0.786. The van der Waals surface area contributed by atoms with Gasteiger partial charge in [-0.3, -0.25) is 4.79 Å². The summed E-state index contributed by atoms with van der Waals surface area (Å²) < 4.78 is 4.58. The molecule has 0 amide bonds. The fourth-order valence-electron chi connectivity index (χ4n) is 0.513. The molecule has 0 fully saturated rings. The number of rotatable bonds is 4. The summed E-state index contributed by atoms with van der Waals surface area (Å²) in [6.45, 7) is 1.16. The predicted molar refractivity (Wildman–Crippen MR) is 37.1 cm³/mol. The monoisotopic (exact) mass is 159 g/mol. The highest BCUT2D eigenvalue weighted by atomic mass is 16.5. The van der Waals surface area contributed by atoms with Gasteiger partial charge >= 0.3 is 5.97 Å². The van der Waals surface area contributed by atoms with Crippen LogP contribution in [0, 0.1) is 0 Å². The molecule has 0 saturated carbocycles. The second kappa shape index (κ2) is 3.80. The van der Waals surface area contributed by atoms with Crippen molar-refractivity contribution < 1.29 is 14.6 Å². The smallest absolute Gasteiger partial charge is 0.317 e. The number of methoxy groups -OCH3 is 1. The number of ether oxygens (including phenoxy) is 1. The van der Waals surface area contributed by atoms with Crippen molar-refractivity contribution in [1.82, 2.24) is 0 Å². The van der Waals surface area contributed by atoms with Crippen LogP contribution >= 0.6 is 0 Å². The van der Waals surface area contributed by atoms with Gasteiger partial charge in [-0.15, -0.1) is 0 Å². The van der Waals surface area contributed by atoms with Crippen molar-refractivity contribution in [3.8, 4) is 0 Å². The molecule has 11 heavy (non-hydrogen) atoms. The van der Waals surface area contributed by atoms with Gasteiger partial charge in [-0.05, 0) is 12.5 Å². The molecule has 0 aromatic carbocycles. The Morgan fingerprint density at radius 1 is 1.91 bits per heavy atom.